The molecule has 1 fully saturated rings. The number of carbonyl (C=O) groups excluding carboxylic acids is 2. The number of nitrogens with zero attached hydrogens (tertiary/aromatic N) is 3. The number of nitro groups is 1. The largest absolute Gasteiger partial charge is 0.327 e. The van der Waals surface area contributed by atoms with Gasteiger partial charge in [-0.3, -0.25) is 30.4 Å². The summed E-state index contributed by atoms with van der Waals surface area (Å²) in [6.07, 6.45) is 1.24. The zero-order chi connectivity index (χ0) is 15.9. The van der Waals surface area contributed by atoms with E-state index in [1.807, 2.05) is 0 Å². The minimum absolute atomic E-state index is 0.0193. The van der Waals surface area contributed by atoms with Gasteiger partial charge < -0.3 is 0 Å². The molecule has 1 aromatic carbocycles. The Morgan fingerprint density at radius 2 is 2.00 bits per heavy atom. The van der Waals surface area contributed by atoms with Crippen molar-refractivity contribution in [3.63, 3.8) is 0 Å². The summed E-state index contributed by atoms with van der Waals surface area (Å²) in [5, 5.41) is 15.9. The van der Waals surface area contributed by atoms with Crippen LogP contribution in [0.15, 0.2) is 24.3 Å². The number of carbonyl (C=O) groups is 2. The van der Waals surface area contributed by atoms with Crippen molar-refractivity contribution in [2.45, 2.75) is 18.8 Å². The van der Waals surface area contributed by atoms with Crippen LogP contribution < -0.4 is 10.6 Å². The van der Waals surface area contributed by atoms with Gasteiger partial charge in [-0.2, -0.15) is 0 Å². The molecule has 3 amide bonds. The third-order valence-corrected chi connectivity index (χ3v) is 3.82. The van der Waals surface area contributed by atoms with Crippen molar-refractivity contribution in [1.29, 1.82) is 0 Å². The first-order chi connectivity index (χ1) is 10.5. The Bertz CT molecular complexity index is 684. The number of urea groups is 1. The fourth-order valence-electron chi connectivity index (χ4n) is 2.61. The molecule has 2 atom stereocenters. The van der Waals surface area contributed by atoms with Crippen molar-refractivity contribution >= 4 is 24.0 Å². The van der Waals surface area contributed by atoms with E-state index in [1.54, 1.807) is 30.1 Å². The number of amides is 3. The Labute approximate surface area is 125 Å². The molecule has 2 aliphatic heterocycles. The highest BCUT2D eigenvalue weighted by Gasteiger charge is 2.49. The molecule has 22 heavy (non-hydrogen) atoms. The molecular formula is C13H14N5O4+. The quantitative estimate of drug-likeness (QED) is 0.449. The van der Waals surface area contributed by atoms with Crippen molar-refractivity contribution in [1.82, 2.24) is 15.5 Å². The number of nitrogens with one attached hydrogen (secondary N) is 2. The van der Waals surface area contributed by atoms with E-state index in [0.717, 1.165) is 5.56 Å². The summed E-state index contributed by atoms with van der Waals surface area (Å²) < 4.78 is 1.77. The molecule has 0 unspecified atom stereocenters. The van der Waals surface area contributed by atoms with Gasteiger partial charge in [0.2, 0.25) is 18.5 Å². The molecule has 0 radical (unpaired) electrons. The van der Waals surface area contributed by atoms with Gasteiger partial charge in [0, 0.05) is 19.2 Å². The fourth-order valence-corrected chi connectivity index (χ4v) is 2.61. The van der Waals surface area contributed by atoms with Gasteiger partial charge in [-0.25, -0.2) is 9.37 Å². The maximum atomic E-state index is 12.0. The number of benzene rings is 1. The minimum Gasteiger partial charge on any atom is -0.284 e. The van der Waals surface area contributed by atoms with E-state index >= 15 is 0 Å². The second kappa shape index (κ2) is 5.10. The van der Waals surface area contributed by atoms with Crippen molar-refractivity contribution in [2.24, 2.45) is 0 Å². The van der Waals surface area contributed by atoms with Crippen LogP contribution in [0.5, 0.6) is 0 Å². The molecule has 0 saturated carbocycles. The van der Waals surface area contributed by atoms with E-state index in [2.05, 4.69) is 10.6 Å². The average Bonchev–Trinajstić information content (AvgIpc) is 2.90. The SMILES string of the molecule is CN1C(=O)NC(=O)[C@@H]2[C@@H]1NC=[N+]2Cc1ccc([N+](=O)[O-])cc1. The molecule has 0 spiro atoms. The first kappa shape index (κ1) is 14.0. The highest BCUT2D eigenvalue weighted by molar-refractivity contribution is 6.00. The topological polar surface area (TPSA) is 108 Å². The lowest BCUT2D eigenvalue weighted by atomic mass is 10.1. The Balaban J connectivity index is 1.77. The summed E-state index contributed by atoms with van der Waals surface area (Å²) in [5.74, 6) is -0.365. The number of hydrogen-bond acceptors (Lipinski definition) is 5. The van der Waals surface area contributed by atoms with Crippen LogP contribution in [0.3, 0.4) is 0 Å². The van der Waals surface area contributed by atoms with Gasteiger partial charge in [0.15, 0.2) is 0 Å². The second-order valence-corrected chi connectivity index (χ2v) is 5.19. The molecule has 1 saturated heterocycles. The van der Waals surface area contributed by atoms with Gasteiger partial charge in [0.25, 0.3) is 11.6 Å². The average molecular weight is 304 g/mol. The lowest BCUT2D eigenvalue weighted by molar-refractivity contribution is -0.561. The van der Waals surface area contributed by atoms with Crippen LogP contribution >= 0.6 is 0 Å². The second-order valence-electron chi connectivity index (χ2n) is 5.19. The highest BCUT2D eigenvalue weighted by Crippen LogP contribution is 2.17. The van der Waals surface area contributed by atoms with Crippen molar-refractivity contribution in [2.75, 3.05) is 7.05 Å². The van der Waals surface area contributed by atoms with Gasteiger partial charge in [0.05, 0.1) is 4.92 Å². The molecule has 114 valence electrons. The smallest absolute Gasteiger partial charge is 0.284 e. The fraction of sp³-hybridized carbons (Fsp3) is 0.308. The maximum Gasteiger partial charge on any atom is 0.327 e. The minimum atomic E-state index is -0.530. The van der Waals surface area contributed by atoms with Crippen LogP contribution in [-0.4, -0.2) is 51.9 Å². The number of fused-ring (bicyclic) bond motifs is 1. The van der Waals surface area contributed by atoms with Gasteiger partial charge in [-0.1, -0.05) is 0 Å². The molecule has 3 rings (SSSR count). The summed E-state index contributed by atoms with van der Waals surface area (Å²) in [6.45, 7) is 0.404. The standard InChI is InChI=1S/C13H13N5O4/c1-16-11-10(12(19)15-13(16)20)17(7-14-11)6-8-2-4-9(5-3-8)18(21)22/h2-5,7,10-11H,6H2,1H3,(H,15,19,20)/p+1/t10-,11+/m0/s1. The van der Waals surface area contributed by atoms with Gasteiger partial charge in [-0.15, -0.1) is 0 Å². The lowest BCUT2D eigenvalue weighted by Gasteiger charge is -2.30. The summed E-state index contributed by atoms with van der Waals surface area (Å²) in [6, 6.07) is 5.17. The van der Waals surface area contributed by atoms with Crippen LogP contribution in [0.4, 0.5) is 10.5 Å². The number of non-ortho nitro benzene ring substituents is 1. The molecule has 9 nitrogen and oxygen atoms in total. The third kappa shape index (κ3) is 2.26. The van der Waals surface area contributed by atoms with Crippen LogP contribution in [0.1, 0.15) is 5.56 Å². The van der Waals surface area contributed by atoms with Gasteiger partial charge in [0.1, 0.15) is 6.54 Å². The van der Waals surface area contributed by atoms with Crippen LogP contribution in [0.2, 0.25) is 0 Å². The molecular weight excluding hydrogens is 290 g/mol. The molecule has 9 heteroatoms. The van der Waals surface area contributed by atoms with Crippen LogP contribution in [0.25, 0.3) is 0 Å². The van der Waals surface area contributed by atoms with E-state index in [9.17, 15) is 19.7 Å². The molecule has 0 aliphatic carbocycles. The maximum absolute atomic E-state index is 12.0. The van der Waals surface area contributed by atoms with Crippen molar-refractivity contribution in [3.05, 3.63) is 39.9 Å². The van der Waals surface area contributed by atoms with E-state index in [-0.39, 0.29) is 11.6 Å². The third-order valence-electron chi connectivity index (χ3n) is 3.82. The summed E-state index contributed by atoms with van der Waals surface area (Å²) in [4.78, 5) is 35.2. The molecule has 2 aliphatic rings. The first-order valence-electron chi connectivity index (χ1n) is 6.63. The monoisotopic (exact) mass is 304 g/mol. The number of nitro benzene ring substituents is 1. The van der Waals surface area contributed by atoms with Crippen molar-refractivity contribution < 1.29 is 19.1 Å². The molecule has 2 N–H and O–H groups in total. The number of imide groups is 1. The number of rotatable bonds is 3. The summed E-state index contributed by atoms with van der Waals surface area (Å²) >= 11 is 0. The normalized spacial score (nSPS) is 23.5. The van der Waals surface area contributed by atoms with E-state index in [1.165, 1.54) is 17.0 Å². The van der Waals surface area contributed by atoms with E-state index in [4.69, 9.17) is 0 Å². The Morgan fingerprint density at radius 1 is 1.32 bits per heavy atom. The Kier molecular flexibility index (Phi) is 3.24. The zero-order valence-electron chi connectivity index (χ0n) is 11.7. The van der Waals surface area contributed by atoms with E-state index in [0.29, 0.717) is 6.54 Å². The molecule has 0 aromatic heterocycles. The Hall–Kier alpha value is -2.97. The Morgan fingerprint density at radius 3 is 2.64 bits per heavy atom. The first-order valence-corrected chi connectivity index (χ1v) is 6.63. The molecule has 1 aromatic rings. The zero-order valence-corrected chi connectivity index (χ0v) is 11.7. The van der Waals surface area contributed by atoms with E-state index < -0.39 is 23.2 Å². The predicted octanol–water partition coefficient (Wildman–Crippen LogP) is -0.385. The number of hydrogen-bond donors (Lipinski definition) is 2. The summed E-state index contributed by atoms with van der Waals surface area (Å²) in [7, 11) is 1.61. The van der Waals surface area contributed by atoms with Gasteiger partial charge >= 0.3 is 6.03 Å². The van der Waals surface area contributed by atoms with Crippen LogP contribution in [0, 0.1) is 10.1 Å². The van der Waals surface area contributed by atoms with Gasteiger partial charge in [-0.05, 0) is 17.7 Å². The molecule has 2 heterocycles. The lowest BCUT2D eigenvalue weighted by Crippen LogP contribution is -2.65. The van der Waals surface area contributed by atoms with Crippen LogP contribution in [-0.2, 0) is 11.3 Å². The highest BCUT2D eigenvalue weighted by atomic mass is 16.6. The predicted molar refractivity (Wildman–Crippen MR) is 75.1 cm³/mol. The van der Waals surface area contributed by atoms with Crippen molar-refractivity contribution in [3.8, 4) is 0 Å². The number of likely N-dealkylation sites (N-methyl/N-ethyl adjacent to an activating group) is 1. The molecule has 0 bridgehead atoms. The summed E-state index contributed by atoms with van der Waals surface area (Å²) in [5.41, 5.74) is 0.850.